The van der Waals surface area contributed by atoms with Gasteiger partial charge >= 0.3 is 8.80 Å². The van der Waals surface area contributed by atoms with Gasteiger partial charge in [-0.25, -0.2) is 0 Å². The molecule has 0 saturated heterocycles. The van der Waals surface area contributed by atoms with E-state index in [0.29, 0.717) is 0 Å². The lowest BCUT2D eigenvalue weighted by molar-refractivity contribution is 0.123. The van der Waals surface area contributed by atoms with Crippen LogP contribution < -0.4 is 5.32 Å². The SMILES string of the molecule is CO[Si](CCCNCc1ccccc1)(OC)OC. The van der Waals surface area contributed by atoms with Crippen LogP contribution in [-0.2, 0) is 19.8 Å². The van der Waals surface area contributed by atoms with Crippen LogP contribution in [0.1, 0.15) is 12.0 Å². The Morgan fingerprint density at radius 2 is 1.61 bits per heavy atom. The van der Waals surface area contributed by atoms with Gasteiger partial charge in [-0.05, 0) is 18.5 Å². The highest BCUT2D eigenvalue weighted by molar-refractivity contribution is 6.60. The van der Waals surface area contributed by atoms with Crippen LogP contribution in [0.15, 0.2) is 30.3 Å². The molecule has 0 saturated carbocycles. The van der Waals surface area contributed by atoms with Crippen molar-refractivity contribution in [1.82, 2.24) is 5.32 Å². The normalized spacial score (nSPS) is 11.7. The first-order chi connectivity index (χ1) is 8.76. The molecule has 0 amide bonds. The molecule has 0 aliphatic rings. The van der Waals surface area contributed by atoms with Crippen molar-refractivity contribution in [2.75, 3.05) is 27.9 Å². The molecule has 0 aliphatic carbocycles. The fraction of sp³-hybridized carbons (Fsp3) is 0.538. The van der Waals surface area contributed by atoms with Gasteiger partial charge in [0.2, 0.25) is 0 Å². The van der Waals surface area contributed by atoms with Gasteiger partial charge in [-0.2, -0.15) is 0 Å². The Morgan fingerprint density at radius 1 is 1.00 bits per heavy atom. The van der Waals surface area contributed by atoms with Crippen molar-refractivity contribution in [3.8, 4) is 0 Å². The Bertz CT molecular complexity index is 309. The quantitative estimate of drug-likeness (QED) is 0.550. The predicted molar refractivity (Wildman–Crippen MR) is 74.4 cm³/mol. The molecule has 0 aliphatic heterocycles. The summed E-state index contributed by atoms with van der Waals surface area (Å²) in [4.78, 5) is 0. The summed E-state index contributed by atoms with van der Waals surface area (Å²) in [7, 11) is 2.56. The molecule has 0 heterocycles. The lowest BCUT2D eigenvalue weighted by Gasteiger charge is -2.24. The van der Waals surface area contributed by atoms with Crippen molar-refractivity contribution in [2.24, 2.45) is 0 Å². The van der Waals surface area contributed by atoms with Crippen LogP contribution in [0.25, 0.3) is 0 Å². The van der Waals surface area contributed by atoms with Gasteiger partial charge < -0.3 is 18.6 Å². The fourth-order valence-corrected chi connectivity index (χ4v) is 3.54. The summed E-state index contributed by atoms with van der Waals surface area (Å²) in [5.74, 6) is 0. The summed E-state index contributed by atoms with van der Waals surface area (Å²) in [6.07, 6.45) is 0.981. The van der Waals surface area contributed by atoms with Crippen molar-refractivity contribution in [3.05, 3.63) is 35.9 Å². The van der Waals surface area contributed by atoms with Crippen LogP contribution in [0, 0.1) is 0 Å². The molecule has 0 fully saturated rings. The van der Waals surface area contributed by atoms with E-state index >= 15 is 0 Å². The zero-order chi connectivity index (χ0) is 13.3. The fourth-order valence-electron chi connectivity index (χ4n) is 1.81. The lowest BCUT2D eigenvalue weighted by Crippen LogP contribution is -2.43. The number of hydrogen-bond donors (Lipinski definition) is 1. The first kappa shape index (κ1) is 15.3. The maximum Gasteiger partial charge on any atom is 0.500 e. The molecule has 0 bridgehead atoms. The van der Waals surface area contributed by atoms with Crippen molar-refractivity contribution in [2.45, 2.75) is 19.0 Å². The summed E-state index contributed by atoms with van der Waals surface area (Å²) in [6, 6.07) is 11.2. The maximum atomic E-state index is 5.37. The smallest absolute Gasteiger partial charge is 0.377 e. The van der Waals surface area contributed by atoms with Crippen LogP contribution in [0.5, 0.6) is 0 Å². The van der Waals surface area contributed by atoms with Gasteiger partial charge in [0.15, 0.2) is 0 Å². The largest absolute Gasteiger partial charge is 0.500 e. The minimum absolute atomic E-state index is 0.832. The van der Waals surface area contributed by atoms with Gasteiger partial charge in [0.1, 0.15) is 0 Å². The highest BCUT2D eigenvalue weighted by atomic mass is 28.4. The monoisotopic (exact) mass is 269 g/mol. The van der Waals surface area contributed by atoms with Crippen LogP contribution in [0.2, 0.25) is 6.04 Å². The van der Waals surface area contributed by atoms with Crippen LogP contribution in [0.4, 0.5) is 0 Å². The Kier molecular flexibility index (Phi) is 7.15. The van der Waals surface area contributed by atoms with E-state index in [1.54, 1.807) is 21.3 Å². The minimum atomic E-state index is -2.39. The Labute approximate surface area is 111 Å². The molecule has 1 aromatic carbocycles. The van der Waals surface area contributed by atoms with Crippen molar-refractivity contribution in [3.63, 3.8) is 0 Å². The average Bonchev–Trinajstić information content (AvgIpc) is 2.45. The van der Waals surface area contributed by atoms with E-state index < -0.39 is 8.80 Å². The Balaban J connectivity index is 2.18. The van der Waals surface area contributed by atoms with Crippen LogP contribution in [0.3, 0.4) is 0 Å². The summed E-state index contributed by atoms with van der Waals surface area (Å²) in [5, 5.41) is 3.40. The Hall–Kier alpha value is -0.723. The molecule has 0 atom stereocenters. The van der Waals surface area contributed by atoms with E-state index in [-0.39, 0.29) is 0 Å². The van der Waals surface area contributed by atoms with Gasteiger partial charge in [0, 0.05) is 33.9 Å². The first-order valence-electron chi connectivity index (χ1n) is 6.16. The summed E-state index contributed by atoms with van der Waals surface area (Å²) < 4.78 is 16.1. The highest BCUT2D eigenvalue weighted by Crippen LogP contribution is 2.14. The molecule has 102 valence electrons. The van der Waals surface area contributed by atoms with Gasteiger partial charge in [-0.15, -0.1) is 0 Å². The number of hydrogen-bond acceptors (Lipinski definition) is 4. The van der Waals surface area contributed by atoms with E-state index in [1.165, 1.54) is 5.56 Å². The van der Waals surface area contributed by atoms with E-state index in [4.69, 9.17) is 13.3 Å². The van der Waals surface area contributed by atoms with Crippen molar-refractivity contribution < 1.29 is 13.3 Å². The third-order valence-corrected chi connectivity index (χ3v) is 5.77. The van der Waals surface area contributed by atoms with E-state index in [2.05, 4.69) is 29.6 Å². The average molecular weight is 269 g/mol. The van der Waals surface area contributed by atoms with E-state index in [0.717, 1.165) is 25.6 Å². The zero-order valence-corrected chi connectivity index (χ0v) is 12.4. The molecule has 0 aromatic heterocycles. The second-order valence-electron chi connectivity index (χ2n) is 4.06. The summed E-state index contributed by atoms with van der Waals surface area (Å²) >= 11 is 0. The van der Waals surface area contributed by atoms with E-state index in [1.807, 2.05) is 6.07 Å². The lowest BCUT2D eigenvalue weighted by atomic mass is 10.2. The molecule has 1 aromatic rings. The van der Waals surface area contributed by atoms with Crippen molar-refractivity contribution in [1.29, 1.82) is 0 Å². The molecular weight excluding hydrogens is 246 g/mol. The predicted octanol–water partition coefficient (Wildman–Crippen LogP) is 2.04. The second kappa shape index (κ2) is 8.39. The molecule has 18 heavy (non-hydrogen) atoms. The first-order valence-corrected chi connectivity index (χ1v) is 8.09. The highest BCUT2D eigenvalue weighted by Gasteiger charge is 2.36. The molecule has 1 N–H and O–H groups in total. The molecule has 0 unspecified atom stereocenters. The van der Waals surface area contributed by atoms with Crippen molar-refractivity contribution >= 4 is 8.80 Å². The van der Waals surface area contributed by atoms with Gasteiger partial charge in [-0.1, -0.05) is 30.3 Å². The van der Waals surface area contributed by atoms with Gasteiger partial charge in [0.25, 0.3) is 0 Å². The number of benzene rings is 1. The topological polar surface area (TPSA) is 39.7 Å². The van der Waals surface area contributed by atoms with E-state index in [9.17, 15) is 0 Å². The van der Waals surface area contributed by atoms with Crippen LogP contribution >= 0.6 is 0 Å². The molecular formula is C13H23NO3Si. The molecule has 0 radical (unpaired) electrons. The molecule has 1 rings (SSSR count). The molecule has 4 nitrogen and oxygen atoms in total. The third-order valence-electron chi connectivity index (χ3n) is 2.94. The number of rotatable bonds is 9. The standard InChI is InChI=1S/C13H23NO3Si/c1-15-18(16-2,17-3)11-7-10-14-12-13-8-5-4-6-9-13/h4-6,8-9,14H,7,10-12H2,1-3H3. The molecule has 5 heteroatoms. The Morgan fingerprint density at radius 3 is 2.17 bits per heavy atom. The van der Waals surface area contributed by atoms with Gasteiger partial charge in [-0.3, -0.25) is 0 Å². The van der Waals surface area contributed by atoms with Gasteiger partial charge in [0.05, 0.1) is 0 Å². The molecule has 0 spiro atoms. The third kappa shape index (κ3) is 4.87. The zero-order valence-electron chi connectivity index (χ0n) is 11.4. The minimum Gasteiger partial charge on any atom is -0.377 e. The summed E-state index contributed by atoms with van der Waals surface area (Å²) in [6.45, 7) is 1.82. The number of nitrogens with one attached hydrogen (secondary N) is 1. The summed E-state index contributed by atoms with van der Waals surface area (Å²) in [5.41, 5.74) is 1.30. The van der Waals surface area contributed by atoms with Crippen LogP contribution in [-0.4, -0.2) is 36.7 Å². The maximum absolute atomic E-state index is 5.37. The second-order valence-corrected chi connectivity index (χ2v) is 7.15.